The molecule has 0 fully saturated rings. The highest BCUT2D eigenvalue weighted by Crippen LogP contribution is 2.16. The lowest BCUT2D eigenvalue weighted by atomic mass is 10.0. The molecule has 0 aromatic heterocycles. The summed E-state index contributed by atoms with van der Waals surface area (Å²) in [5, 5.41) is 22.0. The van der Waals surface area contributed by atoms with Gasteiger partial charge in [-0.2, -0.15) is 5.26 Å². The number of nitrogens with zero attached hydrogens (tertiary/aromatic N) is 1. The lowest BCUT2D eigenvalue weighted by molar-refractivity contribution is 0.0357. The standard InChI is InChI=1S/C13H18N2O2/c1-13(16,7-8-17-2)10-15-12-6-4-3-5-11(12)9-14/h3-6,15-16H,7-8,10H2,1-2H3. The fraction of sp³-hybridized carbons (Fsp3) is 0.462. The third-order valence-electron chi connectivity index (χ3n) is 2.55. The minimum atomic E-state index is -0.849. The predicted octanol–water partition coefficient (Wildman–Crippen LogP) is 1.76. The SMILES string of the molecule is COCCC(C)(O)CNc1ccccc1C#N. The van der Waals surface area contributed by atoms with Crippen LogP contribution < -0.4 is 5.32 Å². The number of aliphatic hydroxyl groups is 1. The van der Waals surface area contributed by atoms with Crippen molar-refractivity contribution in [1.82, 2.24) is 0 Å². The molecule has 0 amide bonds. The maximum atomic E-state index is 10.0. The van der Waals surface area contributed by atoms with Crippen LogP contribution >= 0.6 is 0 Å². The Balaban J connectivity index is 2.58. The van der Waals surface area contributed by atoms with Gasteiger partial charge >= 0.3 is 0 Å². The third kappa shape index (κ3) is 4.43. The monoisotopic (exact) mass is 234 g/mol. The van der Waals surface area contributed by atoms with Crippen molar-refractivity contribution in [2.24, 2.45) is 0 Å². The molecular formula is C13H18N2O2. The van der Waals surface area contributed by atoms with E-state index in [0.29, 0.717) is 25.1 Å². The van der Waals surface area contributed by atoms with Gasteiger partial charge in [-0.3, -0.25) is 0 Å². The molecular weight excluding hydrogens is 216 g/mol. The molecule has 1 rings (SSSR count). The number of hydrogen-bond acceptors (Lipinski definition) is 4. The minimum absolute atomic E-state index is 0.384. The molecule has 0 bridgehead atoms. The molecule has 4 nitrogen and oxygen atoms in total. The van der Waals surface area contributed by atoms with E-state index in [9.17, 15) is 5.11 Å². The molecule has 0 aliphatic rings. The second-order valence-electron chi connectivity index (χ2n) is 4.25. The first kappa shape index (κ1) is 13.5. The molecule has 0 saturated carbocycles. The van der Waals surface area contributed by atoms with Gasteiger partial charge in [0.05, 0.1) is 16.9 Å². The van der Waals surface area contributed by atoms with E-state index in [0.717, 1.165) is 5.69 Å². The number of hydrogen-bond donors (Lipinski definition) is 2. The Morgan fingerprint density at radius 3 is 2.82 bits per heavy atom. The van der Waals surface area contributed by atoms with Crippen LogP contribution in [0.1, 0.15) is 18.9 Å². The molecule has 92 valence electrons. The Bertz CT molecular complexity index is 397. The molecule has 1 unspecified atom stereocenters. The van der Waals surface area contributed by atoms with Crippen LogP contribution in [0.3, 0.4) is 0 Å². The molecule has 0 aliphatic heterocycles. The van der Waals surface area contributed by atoms with Gasteiger partial charge in [-0.1, -0.05) is 12.1 Å². The molecule has 0 heterocycles. The minimum Gasteiger partial charge on any atom is -0.388 e. The third-order valence-corrected chi connectivity index (χ3v) is 2.55. The number of para-hydroxylation sites is 1. The summed E-state index contributed by atoms with van der Waals surface area (Å²) in [6, 6.07) is 9.34. The smallest absolute Gasteiger partial charge is 0.101 e. The second-order valence-corrected chi connectivity index (χ2v) is 4.25. The van der Waals surface area contributed by atoms with Crippen LogP contribution in [0, 0.1) is 11.3 Å². The summed E-state index contributed by atoms with van der Waals surface area (Å²) >= 11 is 0. The van der Waals surface area contributed by atoms with Crippen molar-refractivity contribution in [3.8, 4) is 6.07 Å². The Hall–Kier alpha value is -1.57. The number of nitriles is 1. The number of benzene rings is 1. The number of rotatable bonds is 6. The fourth-order valence-electron chi connectivity index (χ4n) is 1.43. The van der Waals surface area contributed by atoms with Crippen LogP contribution in [0.15, 0.2) is 24.3 Å². The molecule has 1 atom stereocenters. The van der Waals surface area contributed by atoms with E-state index in [4.69, 9.17) is 10.00 Å². The van der Waals surface area contributed by atoms with Crippen molar-refractivity contribution in [3.63, 3.8) is 0 Å². The van der Waals surface area contributed by atoms with E-state index in [1.807, 2.05) is 18.2 Å². The van der Waals surface area contributed by atoms with Crippen LogP contribution in [-0.4, -0.2) is 31.0 Å². The van der Waals surface area contributed by atoms with Gasteiger partial charge in [0.25, 0.3) is 0 Å². The summed E-state index contributed by atoms with van der Waals surface area (Å²) in [5.74, 6) is 0. The summed E-state index contributed by atoms with van der Waals surface area (Å²) in [6.45, 7) is 2.64. The predicted molar refractivity (Wildman–Crippen MR) is 66.8 cm³/mol. The Morgan fingerprint density at radius 2 is 2.18 bits per heavy atom. The van der Waals surface area contributed by atoms with Crippen molar-refractivity contribution in [3.05, 3.63) is 29.8 Å². The van der Waals surface area contributed by atoms with E-state index in [2.05, 4.69) is 11.4 Å². The maximum Gasteiger partial charge on any atom is 0.101 e. The summed E-state index contributed by atoms with van der Waals surface area (Å²) in [7, 11) is 1.61. The van der Waals surface area contributed by atoms with Gasteiger partial charge in [-0.05, 0) is 19.1 Å². The van der Waals surface area contributed by atoms with E-state index in [1.165, 1.54) is 0 Å². The number of nitrogens with one attached hydrogen (secondary N) is 1. The maximum absolute atomic E-state index is 10.0. The molecule has 2 N–H and O–H groups in total. The first-order chi connectivity index (χ1) is 8.09. The van der Waals surface area contributed by atoms with Gasteiger partial charge in [0.15, 0.2) is 0 Å². The van der Waals surface area contributed by atoms with Gasteiger partial charge < -0.3 is 15.2 Å². The lowest BCUT2D eigenvalue weighted by Gasteiger charge is -2.24. The average Bonchev–Trinajstić information content (AvgIpc) is 2.34. The Labute approximate surface area is 102 Å². The molecule has 0 spiro atoms. The van der Waals surface area contributed by atoms with Crippen LogP contribution in [0.4, 0.5) is 5.69 Å². The number of methoxy groups -OCH3 is 1. The number of anilines is 1. The molecule has 1 aromatic carbocycles. The van der Waals surface area contributed by atoms with E-state index < -0.39 is 5.60 Å². The zero-order valence-corrected chi connectivity index (χ0v) is 10.2. The summed E-state index contributed by atoms with van der Waals surface area (Å²) in [5.41, 5.74) is 0.473. The van der Waals surface area contributed by atoms with Crippen molar-refractivity contribution in [2.45, 2.75) is 18.9 Å². The van der Waals surface area contributed by atoms with Crippen LogP contribution in [-0.2, 0) is 4.74 Å². The van der Waals surface area contributed by atoms with Crippen molar-refractivity contribution < 1.29 is 9.84 Å². The van der Waals surface area contributed by atoms with Crippen molar-refractivity contribution in [1.29, 1.82) is 5.26 Å². The van der Waals surface area contributed by atoms with E-state index >= 15 is 0 Å². The van der Waals surface area contributed by atoms with Crippen LogP contribution in [0.2, 0.25) is 0 Å². The van der Waals surface area contributed by atoms with Crippen LogP contribution in [0.5, 0.6) is 0 Å². The summed E-state index contributed by atoms with van der Waals surface area (Å²) < 4.78 is 4.93. The van der Waals surface area contributed by atoms with Crippen molar-refractivity contribution in [2.75, 3.05) is 25.6 Å². The molecule has 17 heavy (non-hydrogen) atoms. The lowest BCUT2D eigenvalue weighted by Crippen LogP contribution is -2.34. The molecule has 4 heteroatoms. The summed E-state index contributed by atoms with van der Waals surface area (Å²) in [4.78, 5) is 0. The largest absolute Gasteiger partial charge is 0.388 e. The van der Waals surface area contributed by atoms with Gasteiger partial charge in [0.1, 0.15) is 6.07 Å². The molecule has 0 aliphatic carbocycles. The molecule has 0 radical (unpaired) electrons. The van der Waals surface area contributed by atoms with Gasteiger partial charge in [0, 0.05) is 26.7 Å². The zero-order chi connectivity index (χ0) is 12.7. The van der Waals surface area contributed by atoms with Gasteiger partial charge in [0.2, 0.25) is 0 Å². The van der Waals surface area contributed by atoms with E-state index in [1.54, 1.807) is 20.1 Å². The average molecular weight is 234 g/mol. The van der Waals surface area contributed by atoms with Crippen molar-refractivity contribution >= 4 is 5.69 Å². The number of ether oxygens (including phenoxy) is 1. The second kappa shape index (κ2) is 6.24. The molecule has 0 saturated heterocycles. The van der Waals surface area contributed by atoms with E-state index in [-0.39, 0.29) is 0 Å². The quantitative estimate of drug-likeness (QED) is 0.787. The molecule has 1 aromatic rings. The highest BCUT2D eigenvalue weighted by atomic mass is 16.5. The van der Waals surface area contributed by atoms with Gasteiger partial charge in [-0.25, -0.2) is 0 Å². The normalized spacial score (nSPS) is 13.8. The summed E-state index contributed by atoms with van der Waals surface area (Å²) in [6.07, 6.45) is 0.547. The highest BCUT2D eigenvalue weighted by molar-refractivity contribution is 5.57. The fourth-order valence-corrected chi connectivity index (χ4v) is 1.43. The first-order valence-electron chi connectivity index (χ1n) is 5.53. The zero-order valence-electron chi connectivity index (χ0n) is 10.2. The highest BCUT2D eigenvalue weighted by Gasteiger charge is 2.19. The van der Waals surface area contributed by atoms with Crippen LogP contribution in [0.25, 0.3) is 0 Å². The Morgan fingerprint density at radius 1 is 1.47 bits per heavy atom. The Kier molecular flexibility index (Phi) is 4.95. The first-order valence-corrected chi connectivity index (χ1v) is 5.53. The van der Waals surface area contributed by atoms with Gasteiger partial charge in [-0.15, -0.1) is 0 Å². The topological polar surface area (TPSA) is 65.3 Å².